The van der Waals surface area contributed by atoms with Crippen LogP contribution in [0.4, 0.5) is 0 Å². The summed E-state index contributed by atoms with van der Waals surface area (Å²) in [6, 6.07) is 7.62. The molecule has 2 heterocycles. The molecular weight excluding hydrogens is 380 g/mol. The predicted octanol–water partition coefficient (Wildman–Crippen LogP) is 1.98. The quantitative estimate of drug-likeness (QED) is 0.657. The average molecular weight is 409 g/mol. The molecular formula is C23H28N4O3. The van der Waals surface area contributed by atoms with Gasteiger partial charge < -0.3 is 4.90 Å². The fraction of sp³-hybridized carbons (Fsp3) is 0.478. The Morgan fingerprint density at radius 3 is 2.63 bits per heavy atom. The third kappa shape index (κ3) is 3.64. The first-order valence-electron chi connectivity index (χ1n) is 10.5. The average Bonchev–Trinajstić information content (AvgIpc) is 3.40. The van der Waals surface area contributed by atoms with Crippen LogP contribution in [0.2, 0.25) is 0 Å². The zero-order chi connectivity index (χ0) is 21.5. The number of hydrogen-bond donors (Lipinski definition) is 0. The molecule has 1 aliphatic heterocycles. The van der Waals surface area contributed by atoms with Crippen LogP contribution in [0.1, 0.15) is 42.4 Å². The third-order valence-electron chi connectivity index (χ3n) is 6.30. The standard InChI is InChI=1S/C23H28N4O3/c1-16-6-4-5-7-19(16)23(13-21(29)27(22(23)30)18-8-9-18)12-20(28)25(2)11-10-17-14-24-26(3)15-17/h4-7,14-15,18H,8-13H2,1-3H3. The molecule has 1 aromatic heterocycles. The van der Waals surface area contributed by atoms with Crippen LogP contribution in [0, 0.1) is 6.92 Å². The van der Waals surface area contributed by atoms with Gasteiger partial charge in [0.25, 0.3) is 0 Å². The maximum atomic E-state index is 13.5. The molecule has 2 fully saturated rings. The lowest BCUT2D eigenvalue weighted by molar-refractivity contribution is -0.143. The predicted molar refractivity (Wildman–Crippen MR) is 112 cm³/mol. The molecule has 3 amide bonds. The van der Waals surface area contributed by atoms with Gasteiger partial charge in [-0.05, 0) is 42.9 Å². The molecule has 1 aliphatic carbocycles. The van der Waals surface area contributed by atoms with Gasteiger partial charge >= 0.3 is 0 Å². The van der Waals surface area contributed by atoms with Gasteiger partial charge in [-0.15, -0.1) is 0 Å². The Kier molecular flexibility index (Phi) is 5.22. The second-order valence-electron chi connectivity index (χ2n) is 8.64. The van der Waals surface area contributed by atoms with Crippen molar-refractivity contribution < 1.29 is 14.4 Å². The Morgan fingerprint density at radius 1 is 1.27 bits per heavy atom. The van der Waals surface area contributed by atoms with Crippen molar-refractivity contribution in [1.82, 2.24) is 19.6 Å². The number of aryl methyl sites for hydroxylation is 2. The van der Waals surface area contributed by atoms with Gasteiger partial charge in [-0.3, -0.25) is 24.0 Å². The first-order chi connectivity index (χ1) is 14.3. The summed E-state index contributed by atoms with van der Waals surface area (Å²) in [5.41, 5.74) is 1.67. The molecule has 1 saturated heterocycles. The minimum Gasteiger partial charge on any atom is -0.345 e. The number of nitrogens with zero attached hydrogens (tertiary/aromatic N) is 4. The topological polar surface area (TPSA) is 75.5 Å². The van der Waals surface area contributed by atoms with E-state index in [2.05, 4.69) is 5.10 Å². The Hall–Kier alpha value is -2.96. The first kappa shape index (κ1) is 20.3. The lowest BCUT2D eigenvalue weighted by atomic mass is 9.74. The van der Waals surface area contributed by atoms with E-state index in [0.717, 1.165) is 29.5 Å². The number of likely N-dealkylation sites (tertiary alicyclic amines) is 1. The molecule has 1 unspecified atom stereocenters. The number of imide groups is 1. The number of carbonyl (C=O) groups excluding carboxylic acids is 3. The SMILES string of the molecule is Cc1ccccc1C1(CC(=O)N(C)CCc2cnn(C)c2)CC(=O)N(C2CC2)C1=O. The molecule has 1 aromatic carbocycles. The minimum atomic E-state index is -1.11. The van der Waals surface area contributed by atoms with E-state index < -0.39 is 5.41 Å². The van der Waals surface area contributed by atoms with Crippen molar-refractivity contribution >= 4 is 17.7 Å². The van der Waals surface area contributed by atoms with E-state index in [-0.39, 0.29) is 36.6 Å². The van der Waals surface area contributed by atoms with E-state index in [1.165, 1.54) is 4.90 Å². The van der Waals surface area contributed by atoms with Gasteiger partial charge in [0.2, 0.25) is 17.7 Å². The van der Waals surface area contributed by atoms with Crippen LogP contribution >= 0.6 is 0 Å². The fourth-order valence-electron chi connectivity index (χ4n) is 4.43. The van der Waals surface area contributed by atoms with Crippen LogP contribution in [0.5, 0.6) is 0 Å². The smallest absolute Gasteiger partial charge is 0.241 e. The van der Waals surface area contributed by atoms with Gasteiger partial charge in [0.1, 0.15) is 0 Å². The number of aromatic nitrogens is 2. The second kappa shape index (κ2) is 7.70. The van der Waals surface area contributed by atoms with Crippen LogP contribution < -0.4 is 0 Å². The fourth-order valence-corrected chi connectivity index (χ4v) is 4.43. The van der Waals surface area contributed by atoms with Crippen LogP contribution in [-0.4, -0.2) is 56.9 Å². The van der Waals surface area contributed by atoms with E-state index in [0.29, 0.717) is 13.0 Å². The van der Waals surface area contributed by atoms with Crippen molar-refractivity contribution in [1.29, 1.82) is 0 Å². The highest BCUT2D eigenvalue weighted by Crippen LogP contribution is 2.45. The summed E-state index contributed by atoms with van der Waals surface area (Å²) in [6.45, 7) is 2.47. The number of likely N-dealkylation sites (N-methyl/N-ethyl adjacent to an activating group) is 1. The van der Waals surface area contributed by atoms with Crippen LogP contribution in [-0.2, 0) is 33.3 Å². The van der Waals surface area contributed by atoms with Crippen LogP contribution in [0.15, 0.2) is 36.7 Å². The Morgan fingerprint density at radius 2 is 2.00 bits per heavy atom. The zero-order valence-corrected chi connectivity index (χ0v) is 17.8. The molecule has 7 nitrogen and oxygen atoms in total. The van der Waals surface area contributed by atoms with Crippen molar-refractivity contribution in [3.8, 4) is 0 Å². The third-order valence-corrected chi connectivity index (χ3v) is 6.30. The van der Waals surface area contributed by atoms with E-state index in [9.17, 15) is 14.4 Å². The number of hydrogen-bond acceptors (Lipinski definition) is 4. The highest BCUT2D eigenvalue weighted by atomic mass is 16.2. The molecule has 0 N–H and O–H groups in total. The summed E-state index contributed by atoms with van der Waals surface area (Å²) in [4.78, 5) is 42.6. The molecule has 1 atom stereocenters. The Bertz CT molecular complexity index is 994. The van der Waals surface area contributed by atoms with Crippen molar-refractivity contribution in [3.63, 3.8) is 0 Å². The lowest BCUT2D eigenvalue weighted by Gasteiger charge is -2.30. The minimum absolute atomic E-state index is 0.00862. The first-order valence-corrected chi connectivity index (χ1v) is 10.5. The summed E-state index contributed by atoms with van der Waals surface area (Å²) in [6.07, 6.45) is 6.21. The second-order valence-corrected chi connectivity index (χ2v) is 8.64. The van der Waals surface area contributed by atoms with Crippen molar-refractivity contribution in [2.45, 2.75) is 50.5 Å². The van der Waals surface area contributed by atoms with Gasteiger partial charge in [-0.2, -0.15) is 5.10 Å². The molecule has 1 saturated carbocycles. The maximum absolute atomic E-state index is 13.5. The van der Waals surface area contributed by atoms with Crippen LogP contribution in [0.25, 0.3) is 0 Å². The Labute approximate surface area is 176 Å². The van der Waals surface area contributed by atoms with Gasteiger partial charge in [-0.1, -0.05) is 24.3 Å². The summed E-state index contributed by atoms with van der Waals surface area (Å²) in [5, 5.41) is 4.16. The molecule has 2 aliphatic rings. The van der Waals surface area contributed by atoms with Gasteiger partial charge in [0.05, 0.1) is 11.6 Å². The lowest BCUT2D eigenvalue weighted by Crippen LogP contribution is -2.44. The van der Waals surface area contributed by atoms with Gasteiger partial charge in [0, 0.05) is 45.7 Å². The maximum Gasteiger partial charge on any atom is 0.241 e. The molecule has 2 aromatic rings. The monoisotopic (exact) mass is 408 g/mol. The molecule has 0 spiro atoms. The largest absolute Gasteiger partial charge is 0.345 e. The number of benzene rings is 1. The molecule has 0 bridgehead atoms. The summed E-state index contributed by atoms with van der Waals surface area (Å²) in [5.74, 6) is -0.490. The van der Waals surface area contributed by atoms with E-state index >= 15 is 0 Å². The zero-order valence-electron chi connectivity index (χ0n) is 17.8. The number of rotatable bonds is 7. The van der Waals surface area contributed by atoms with Crippen LogP contribution in [0.3, 0.4) is 0 Å². The molecule has 4 rings (SSSR count). The Balaban J connectivity index is 1.57. The van der Waals surface area contributed by atoms with Gasteiger partial charge in [0.15, 0.2) is 0 Å². The van der Waals surface area contributed by atoms with Crippen molar-refractivity contribution in [2.24, 2.45) is 7.05 Å². The number of amides is 3. The summed E-state index contributed by atoms with van der Waals surface area (Å²) >= 11 is 0. The van der Waals surface area contributed by atoms with E-state index in [1.54, 1.807) is 22.8 Å². The van der Waals surface area contributed by atoms with Crippen molar-refractivity contribution in [2.75, 3.05) is 13.6 Å². The highest BCUT2D eigenvalue weighted by Gasteiger charge is 2.57. The van der Waals surface area contributed by atoms with Crippen molar-refractivity contribution in [3.05, 3.63) is 53.3 Å². The number of carbonyl (C=O) groups is 3. The van der Waals surface area contributed by atoms with E-state index in [1.807, 2.05) is 44.4 Å². The summed E-state index contributed by atoms with van der Waals surface area (Å²) in [7, 11) is 3.61. The summed E-state index contributed by atoms with van der Waals surface area (Å²) < 4.78 is 1.74. The van der Waals surface area contributed by atoms with Gasteiger partial charge in [-0.25, -0.2) is 0 Å². The molecule has 0 radical (unpaired) electrons. The van der Waals surface area contributed by atoms with E-state index in [4.69, 9.17) is 0 Å². The molecule has 158 valence electrons. The molecule has 30 heavy (non-hydrogen) atoms. The normalized spacial score (nSPS) is 21.4. The highest BCUT2D eigenvalue weighted by molar-refractivity contribution is 6.11. The molecule has 7 heteroatoms.